The lowest BCUT2D eigenvalue weighted by Crippen LogP contribution is -1.98. The van der Waals surface area contributed by atoms with Crippen molar-refractivity contribution < 1.29 is 4.84 Å². The van der Waals surface area contributed by atoms with Crippen LogP contribution >= 0.6 is 35.6 Å². The highest BCUT2D eigenvalue weighted by Crippen LogP contribution is 2.22. The normalized spacial score (nSPS) is 9.25. The van der Waals surface area contributed by atoms with E-state index >= 15 is 0 Å². The molecule has 0 aliphatic carbocycles. The molecule has 0 heterocycles. The Hall–Kier alpha value is 0.01000. The predicted octanol–water partition coefficient (Wildman–Crippen LogP) is 2.81. The van der Waals surface area contributed by atoms with Crippen LogP contribution in [0.25, 0.3) is 0 Å². The zero-order valence-corrected chi connectivity index (χ0v) is 8.42. The molecule has 0 fully saturated rings. The molecular weight excluding hydrogens is 220 g/mol. The fraction of sp³-hybridized carbons (Fsp3) is 0.143. The summed E-state index contributed by atoms with van der Waals surface area (Å²) in [4.78, 5) is 4.42. The largest absolute Gasteiger partial charge is 0.300 e. The lowest BCUT2D eigenvalue weighted by Gasteiger charge is -1.99. The number of rotatable bonds is 2. The molecule has 1 aromatic rings. The lowest BCUT2D eigenvalue weighted by atomic mass is 10.2. The van der Waals surface area contributed by atoms with Crippen molar-refractivity contribution in [3.8, 4) is 0 Å². The van der Waals surface area contributed by atoms with Gasteiger partial charge in [0, 0.05) is 0 Å². The topological polar surface area (TPSA) is 35.2 Å². The Morgan fingerprint density at radius 1 is 1.25 bits per heavy atom. The Morgan fingerprint density at radius 3 is 2.42 bits per heavy atom. The highest BCUT2D eigenvalue weighted by atomic mass is 35.5. The summed E-state index contributed by atoms with van der Waals surface area (Å²) in [5.74, 6) is 4.87. The molecule has 12 heavy (non-hydrogen) atoms. The van der Waals surface area contributed by atoms with Crippen LogP contribution < -0.4 is 5.90 Å². The number of nitrogens with two attached hydrogens (primary N) is 1. The monoisotopic (exact) mass is 227 g/mol. The molecular formula is C7H8Cl3NO. The van der Waals surface area contributed by atoms with Gasteiger partial charge in [-0.3, -0.25) is 4.84 Å². The average molecular weight is 229 g/mol. The summed E-state index contributed by atoms with van der Waals surface area (Å²) >= 11 is 11.4. The molecule has 0 atom stereocenters. The summed E-state index contributed by atoms with van der Waals surface area (Å²) in [7, 11) is 0. The van der Waals surface area contributed by atoms with E-state index in [0.717, 1.165) is 5.56 Å². The molecule has 2 nitrogen and oxygen atoms in total. The maximum Gasteiger partial charge on any atom is 0.0930 e. The molecule has 1 aromatic carbocycles. The standard InChI is InChI=1S/C7H7Cl2NO.ClH/c8-6-2-1-5(4-11-10)3-7(6)9;/h1-3H,4,10H2;1H. The van der Waals surface area contributed by atoms with E-state index in [1.165, 1.54) is 0 Å². The molecule has 0 aliphatic rings. The molecule has 1 rings (SSSR count). The first-order valence-corrected chi connectivity index (χ1v) is 3.75. The first-order valence-electron chi connectivity index (χ1n) is 2.99. The van der Waals surface area contributed by atoms with Gasteiger partial charge < -0.3 is 0 Å². The van der Waals surface area contributed by atoms with Crippen LogP contribution in [0.4, 0.5) is 0 Å². The van der Waals surface area contributed by atoms with E-state index in [1.807, 2.05) is 0 Å². The fourth-order valence-electron chi connectivity index (χ4n) is 0.726. The maximum absolute atomic E-state index is 5.72. The molecule has 0 spiro atoms. The Bertz CT molecular complexity index is 254. The van der Waals surface area contributed by atoms with Crippen molar-refractivity contribution in [2.75, 3.05) is 0 Å². The minimum atomic E-state index is 0. The highest BCUT2D eigenvalue weighted by molar-refractivity contribution is 6.41. The summed E-state index contributed by atoms with van der Waals surface area (Å²) in [5.41, 5.74) is 0.905. The van der Waals surface area contributed by atoms with Crippen molar-refractivity contribution in [2.45, 2.75) is 6.61 Å². The fourth-order valence-corrected chi connectivity index (χ4v) is 1.05. The van der Waals surface area contributed by atoms with Gasteiger partial charge in [-0.1, -0.05) is 29.3 Å². The molecule has 0 unspecified atom stereocenters. The maximum atomic E-state index is 5.72. The minimum Gasteiger partial charge on any atom is -0.300 e. The van der Waals surface area contributed by atoms with Gasteiger partial charge in [0.1, 0.15) is 0 Å². The molecule has 2 N–H and O–H groups in total. The van der Waals surface area contributed by atoms with Gasteiger partial charge in [-0.15, -0.1) is 12.4 Å². The second kappa shape index (κ2) is 5.62. The van der Waals surface area contributed by atoms with E-state index in [4.69, 9.17) is 29.1 Å². The molecule has 0 saturated heterocycles. The van der Waals surface area contributed by atoms with E-state index < -0.39 is 0 Å². The minimum absolute atomic E-state index is 0. The number of benzene rings is 1. The second-order valence-corrected chi connectivity index (χ2v) is 2.87. The van der Waals surface area contributed by atoms with Crippen LogP contribution in [0.2, 0.25) is 10.0 Å². The zero-order valence-electron chi connectivity index (χ0n) is 6.09. The van der Waals surface area contributed by atoms with Crippen LogP contribution in [-0.4, -0.2) is 0 Å². The van der Waals surface area contributed by atoms with Gasteiger partial charge in [-0.05, 0) is 17.7 Å². The van der Waals surface area contributed by atoms with Crippen LogP contribution in [0.15, 0.2) is 18.2 Å². The molecule has 0 bridgehead atoms. The van der Waals surface area contributed by atoms with Gasteiger partial charge in [-0.2, -0.15) is 0 Å². The van der Waals surface area contributed by atoms with Gasteiger partial charge in [0.15, 0.2) is 0 Å². The molecule has 0 radical (unpaired) electrons. The van der Waals surface area contributed by atoms with E-state index in [9.17, 15) is 0 Å². The van der Waals surface area contributed by atoms with Gasteiger partial charge in [0.2, 0.25) is 0 Å². The van der Waals surface area contributed by atoms with Gasteiger partial charge in [0.25, 0.3) is 0 Å². The molecule has 0 amide bonds. The van der Waals surface area contributed by atoms with Crippen molar-refractivity contribution in [3.63, 3.8) is 0 Å². The summed E-state index contributed by atoms with van der Waals surface area (Å²) < 4.78 is 0. The Morgan fingerprint density at radius 2 is 1.92 bits per heavy atom. The van der Waals surface area contributed by atoms with E-state index in [2.05, 4.69) is 4.84 Å². The third-order valence-corrected chi connectivity index (χ3v) is 1.97. The second-order valence-electron chi connectivity index (χ2n) is 2.06. The van der Waals surface area contributed by atoms with Gasteiger partial charge in [-0.25, -0.2) is 5.90 Å². The zero-order chi connectivity index (χ0) is 8.27. The van der Waals surface area contributed by atoms with Crippen LogP contribution in [0, 0.1) is 0 Å². The van der Waals surface area contributed by atoms with E-state index in [0.29, 0.717) is 16.7 Å². The van der Waals surface area contributed by atoms with Crippen LogP contribution in [0.5, 0.6) is 0 Å². The van der Waals surface area contributed by atoms with Crippen molar-refractivity contribution in [1.29, 1.82) is 0 Å². The number of hydrogen-bond acceptors (Lipinski definition) is 2. The first kappa shape index (κ1) is 12.0. The molecule has 0 aromatic heterocycles. The molecule has 0 aliphatic heterocycles. The quantitative estimate of drug-likeness (QED) is 0.790. The van der Waals surface area contributed by atoms with Crippen molar-refractivity contribution >= 4 is 35.6 Å². The summed E-state index contributed by atoms with van der Waals surface area (Å²) in [6.07, 6.45) is 0. The van der Waals surface area contributed by atoms with E-state index in [1.54, 1.807) is 18.2 Å². The Balaban J connectivity index is 0.00000121. The summed E-state index contributed by atoms with van der Waals surface area (Å²) in [5, 5.41) is 1.05. The first-order chi connectivity index (χ1) is 5.24. The summed E-state index contributed by atoms with van der Waals surface area (Å²) in [6, 6.07) is 5.23. The molecule has 5 heteroatoms. The Labute approximate surface area is 87.0 Å². The number of hydrogen-bond donors (Lipinski definition) is 1. The van der Waals surface area contributed by atoms with Crippen molar-refractivity contribution in [3.05, 3.63) is 33.8 Å². The molecule has 68 valence electrons. The van der Waals surface area contributed by atoms with Crippen LogP contribution in [-0.2, 0) is 11.4 Å². The average Bonchev–Trinajstić information content (AvgIpc) is 1.98. The van der Waals surface area contributed by atoms with Gasteiger partial charge >= 0.3 is 0 Å². The van der Waals surface area contributed by atoms with Gasteiger partial charge in [0.05, 0.1) is 16.7 Å². The van der Waals surface area contributed by atoms with Crippen LogP contribution in [0.3, 0.4) is 0 Å². The van der Waals surface area contributed by atoms with Crippen molar-refractivity contribution in [2.24, 2.45) is 5.90 Å². The van der Waals surface area contributed by atoms with Crippen molar-refractivity contribution in [1.82, 2.24) is 0 Å². The highest BCUT2D eigenvalue weighted by Gasteiger charge is 1.98. The smallest absolute Gasteiger partial charge is 0.0930 e. The SMILES string of the molecule is Cl.NOCc1ccc(Cl)c(Cl)c1. The Kier molecular flexibility index (Phi) is 5.63. The van der Waals surface area contributed by atoms with E-state index in [-0.39, 0.29) is 12.4 Å². The summed E-state index contributed by atoms with van der Waals surface area (Å²) in [6.45, 7) is 0.344. The number of halogens is 3. The predicted molar refractivity (Wildman–Crippen MR) is 52.7 cm³/mol. The lowest BCUT2D eigenvalue weighted by molar-refractivity contribution is 0.124. The third-order valence-electron chi connectivity index (χ3n) is 1.23. The van der Waals surface area contributed by atoms with Crippen LogP contribution in [0.1, 0.15) is 5.56 Å². The molecule has 0 saturated carbocycles. The third kappa shape index (κ3) is 3.17.